The molecule has 29 heavy (non-hydrogen) atoms. The summed E-state index contributed by atoms with van der Waals surface area (Å²) >= 11 is 0. The first-order valence-electron chi connectivity index (χ1n) is 9.21. The number of amides is 1. The molecule has 4 aromatic rings. The molecule has 4 nitrogen and oxygen atoms in total. The molecule has 1 amide bonds. The average Bonchev–Trinajstić information content (AvgIpc) is 2.77. The number of nitrogens with zero attached hydrogens (tertiary/aromatic N) is 2. The summed E-state index contributed by atoms with van der Waals surface area (Å²) in [5.74, 6) is -0.143. The van der Waals surface area contributed by atoms with Crippen molar-refractivity contribution in [2.75, 3.05) is 5.32 Å². The second-order valence-electron chi connectivity index (χ2n) is 6.54. The maximum Gasteiger partial charge on any atom is 0.256 e. The van der Waals surface area contributed by atoms with Crippen molar-refractivity contribution < 1.29 is 9.18 Å². The SMILES string of the molecule is O=C(Nc1ncc(-c2ccc(F)cc2)nc1Cc1ccccc1)c1ccccc1. The van der Waals surface area contributed by atoms with Crippen LogP contribution in [-0.2, 0) is 6.42 Å². The number of rotatable bonds is 5. The zero-order valence-corrected chi connectivity index (χ0v) is 15.5. The van der Waals surface area contributed by atoms with Gasteiger partial charge in [0.05, 0.1) is 17.6 Å². The van der Waals surface area contributed by atoms with Crippen molar-refractivity contribution in [2.24, 2.45) is 0 Å². The smallest absolute Gasteiger partial charge is 0.256 e. The van der Waals surface area contributed by atoms with Crippen molar-refractivity contribution in [3.05, 3.63) is 114 Å². The summed E-state index contributed by atoms with van der Waals surface area (Å²) in [5, 5.41) is 2.86. The summed E-state index contributed by atoms with van der Waals surface area (Å²) in [6.45, 7) is 0. The number of anilines is 1. The van der Waals surface area contributed by atoms with E-state index in [9.17, 15) is 9.18 Å². The Bertz CT molecular complexity index is 1110. The summed E-state index contributed by atoms with van der Waals surface area (Å²) in [5.41, 5.74) is 3.61. The fraction of sp³-hybridized carbons (Fsp3) is 0.0417. The molecule has 0 aliphatic rings. The van der Waals surface area contributed by atoms with Crippen LogP contribution in [-0.4, -0.2) is 15.9 Å². The van der Waals surface area contributed by atoms with Gasteiger partial charge in [-0.3, -0.25) is 4.79 Å². The third kappa shape index (κ3) is 4.52. The third-order valence-electron chi connectivity index (χ3n) is 4.47. The Morgan fingerprint density at radius 3 is 2.21 bits per heavy atom. The molecular formula is C24H18FN3O. The number of halogens is 1. The zero-order chi connectivity index (χ0) is 20.1. The Labute approximate surface area is 168 Å². The van der Waals surface area contributed by atoms with Gasteiger partial charge in [0.25, 0.3) is 5.91 Å². The van der Waals surface area contributed by atoms with Crippen LogP contribution in [0.5, 0.6) is 0 Å². The number of hydrogen-bond donors (Lipinski definition) is 1. The summed E-state index contributed by atoms with van der Waals surface area (Å²) in [7, 11) is 0. The Kier molecular flexibility index (Phi) is 5.38. The van der Waals surface area contributed by atoms with E-state index >= 15 is 0 Å². The molecule has 0 fully saturated rings. The van der Waals surface area contributed by atoms with Gasteiger partial charge in [-0.15, -0.1) is 0 Å². The largest absolute Gasteiger partial charge is 0.305 e. The van der Waals surface area contributed by atoms with Gasteiger partial charge >= 0.3 is 0 Å². The van der Waals surface area contributed by atoms with Gasteiger partial charge in [-0.25, -0.2) is 14.4 Å². The highest BCUT2D eigenvalue weighted by Gasteiger charge is 2.14. The third-order valence-corrected chi connectivity index (χ3v) is 4.47. The molecule has 1 aromatic heterocycles. The molecule has 4 rings (SSSR count). The second kappa shape index (κ2) is 8.44. The first-order chi connectivity index (χ1) is 14.2. The molecule has 142 valence electrons. The first kappa shape index (κ1) is 18.5. The number of carbonyl (C=O) groups is 1. The fourth-order valence-electron chi connectivity index (χ4n) is 2.97. The Hall–Kier alpha value is -3.86. The van der Waals surface area contributed by atoms with E-state index in [0.29, 0.717) is 29.2 Å². The van der Waals surface area contributed by atoms with Crippen molar-refractivity contribution in [2.45, 2.75) is 6.42 Å². The summed E-state index contributed by atoms with van der Waals surface area (Å²) in [6, 6.07) is 24.9. The molecule has 0 radical (unpaired) electrons. The molecule has 0 atom stereocenters. The van der Waals surface area contributed by atoms with Gasteiger partial charge in [0.1, 0.15) is 5.82 Å². The molecule has 0 saturated heterocycles. The highest BCUT2D eigenvalue weighted by molar-refractivity contribution is 6.04. The van der Waals surface area contributed by atoms with Crippen molar-refractivity contribution in [1.29, 1.82) is 0 Å². The van der Waals surface area contributed by atoms with E-state index in [1.807, 2.05) is 48.5 Å². The van der Waals surface area contributed by atoms with Gasteiger partial charge in [-0.1, -0.05) is 48.5 Å². The second-order valence-corrected chi connectivity index (χ2v) is 6.54. The summed E-state index contributed by atoms with van der Waals surface area (Å²) < 4.78 is 13.3. The van der Waals surface area contributed by atoms with Crippen molar-refractivity contribution in [3.63, 3.8) is 0 Å². The molecule has 0 aliphatic heterocycles. The van der Waals surface area contributed by atoms with Crippen LogP contribution in [0.2, 0.25) is 0 Å². The maximum atomic E-state index is 13.3. The molecular weight excluding hydrogens is 365 g/mol. The van der Waals surface area contributed by atoms with Crippen LogP contribution in [0.3, 0.4) is 0 Å². The standard InChI is InChI=1S/C24H18FN3O/c25-20-13-11-18(12-14-20)22-16-26-23(28-24(29)19-9-5-2-6-10-19)21(27-22)15-17-7-3-1-4-8-17/h1-14,16H,15H2,(H,26,28,29). The number of aromatic nitrogens is 2. The average molecular weight is 383 g/mol. The lowest BCUT2D eigenvalue weighted by atomic mass is 10.1. The minimum absolute atomic E-state index is 0.247. The van der Waals surface area contributed by atoms with Gasteiger partial charge in [-0.2, -0.15) is 0 Å². The van der Waals surface area contributed by atoms with Crippen LogP contribution in [0, 0.1) is 5.82 Å². The van der Waals surface area contributed by atoms with Gasteiger partial charge in [0.15, 0.2) is 5.82 Å². The van der Waals surface area contributed by atoms with E-state index in [4.69, 9.17) is 4.98 Å². The number of hydrogen-bond acceptors (Lipinski definition) is 3. The molecule has 1 heterocycles. The van der Waals surface area contributed by atoms with Crippen LogP contribution in [0.25, 0.3) is 11.3 Å². The lowest BCUT2D eigenvalue weighted by Crippen LogP contribution is -2.15. The van der Waals surface area contributed by atoms with Crippen LogP contribution >= 0.6 is 0 Å². The van der Waals surface area contributed by atoms with E-state index in [1.165, 1.54) is 12.1 Å². The van der Waals surface area contributed by atoms with Crippen LogP contribution < -0.4 is 5.32 Å². The first-order valence-corrected chi connectivity index (χ1v) is 9.21. The van der Waals surface area contributed by atoms with E-state index in [1.54, 1.807) is 30.5 Å². The molecule has 0 unspecified atom stereocenters. The molecule has 0 bridgehead atoms. The van der Waals surface area contributed by atoms with E-state index in [-0.39, 0.29) is 11.7 Å². The van der Waals surface area contributed by atoms with Gasteiger partial charge in [0.2, 0.25) is 0 Å². The van der Waals surface area contributed by atoms with Crippen molar-refractivity contribution >= 4 is 11.7 Å². The highest BCUT2D eigenvalue weighted by atomic mass is 19.1. The molecule has 1 N–H and O–H groups in total. The lowest BCUT2D eigenvalue weighted by Gasteiger charge is -2.12. The monoisotopic (exact) mass is 383 g/mol. The molecule has 0 saturated carbocycles. The molecule has 0 aliphatic carbocycles. The number of nitrogens with one attached hydrogen (secondary N) is 1. The molecule has 3 aromatic carbocycles. The fourth-order valence-corrected chi connectivity index (χ4v) is 2.97. The molecule has 0 spiro atoms. The Balaban J connectivity index is 1.69. The van der Waals surface area contributed by atoms with Crippen LogP contribution in [0.1, 0.15) is 21.6 Å². The van der Waals surface area contributed by atoms with E-state index in [0.717, 1.165) is 11.1 Å². The van der Waals surface area contributed by atoms with Gasteiger partial charge in [-0.05, 0) is 42.0 Å². The summed E-state index contributed by atoms with van der Waals surface area (Å²) in [6.07, 6.45) is 2.09. The van der Waals surface area contributed by atoms with E-state index in [2.05, 4.69) is 10.3 Å². The van der Waals surface area contributed by atoms with Crippen molar-refractivity contribution in [3.8, 4) is 11.3 Å². The normalized spacial score (nSPS) is 10.5. The van der Waals surface area contributed by atoms with Crippen molar-refractivity contribution in [1.82, 2.24) is 9.97 Å². The van der Waals surface area contributed by atoms with Crippen LogP contribution in [0.4, 0.5) is 10.2 Å². The quantitative estimate of drug-likeness (QED) is 0.520. The summed E-state index contributed by atoms with van der Waals surface area (Å²) in [4.78, 5) is 21.8. The zero-order valence-electron chi connectivity index (χ0n) is 15.5. The van der Waals surface area contributed by atoms with Crippen LogP contribution in [0.15, 0.2) is 91.1 Å². The number of carbonyl (C=O) groups excluding carboxylic acids is 1. The lowest BCUT2D eigenvalue weighted by molar-refractivity contribution is 0.102. The highest BCUT2D eigenvalue weighted by Crippen LogP contribution is 2.22. The predicted octanol–water partition coefficient (Wildman–Crippen LogP) is 5.13. The predicted molar refractivity (Wildman–Crippen MR) is 111 cm³/mol. The van der Waals surface area contributed by atoms with Gasteiger partial charge in [0, 0.05) is 17.5 Å². The Morgan fingerprint density at radius 2 is 1.52 bits per heavy atom. The van der Waals surface area contributed by atoms with E-state index < -0.39 is 0 Å². The topological polar surface area (TPSA) is 54.9 Å². The minimum Gasteiger partial charge on any atom is -0.305 e. The molecule has 5 heteroatoms. The Morgan fingerprint density at radius 1 is 0.862 bits per heavy atom. The van der Waals surface area contributed by atoms with Gasteiger partial charge < -0.3 is 5.32 Å². The maximum absolute atomic E-state index is 13.3. The number of benzene rings is 3. The minimum atomic E-state index is -0.307.